The minimum absolute atomic E-state index is 2.89. The van der Waals surface area contributed by atoms with Gasteiger partial charge in [0.1, 0.15) is 0 Å². The average molecular weight is 369 g/mol. The van der Waals surface area contributed by atoms with Gasteiger partial charge < -0.3 is 0 Å². The van der Waals surface area contributed by atoms with Crippen LogP contribution in [0.4, 0.5) is 0 Å². The van der Waals surface area contributed by atoms with Gasteiger partial charge in [0.25, 0.3) is 0 Å². The fraction of sp³-hybridized carbons (Fsp3) is 0. The van der Waals surface area contributed by atoms with Crippen LogP contribution in [-0.4, -0.2) is 44.9 Å². The van der Waals surface area contributed by atoms with Crippen LogP contribution in [0.15, 0.2) is 0 Å². The molecule has 0 fully saturated rings. The van der Waals surface area contributed by atoms with Crippen molar-refractivity contribution in [2.75, 3.05) is 0 Å². The second kappa shape index (κ2) is 2.72. The van der Waals surface area contributed by atoms with Crippen LogP contribution in [0.2, 0.25) is 0 Å². The monoisotopic (exact) mass is 374 g/mol. The molecule has 0 aromatic carbocycles. The molecular weight excluding hydrogens is 367 g/mol. The van der Waals surface area contributed by atoms with Gasteiger partial charge in [-0.1, -0.05) is 0 Å². The van der Waals surface area contributed by atoms with Crippen LogP contribution in [0.5, 0.6) is 0 Å². The molecule has 0 amide bonds. The van der Waals surface area contributed by atoms with E-state index in [4.69, 9.17) is 6.94 Å². The molecule has 0 aliphatic carbocycles. The van der Waals surface area contributed by atoms with Crippen molar-refractivity contribution in [2.24, 2.45) is 0 Å². The summed E-state index contributed by atoms with van der Waals surface area (Å²) in [6.45, 7) is 0. The van der Waals surface area contributed by atoms with E-state index in [1.165, 1.54) is 0 Å². The Labute approximate surface area is 58.5 Å². The molecule has 0 saturated heterocycles. The third-order valence-electron chi connectivity index (χ3n) is 0.172. The van der Waals surface area contributed by atoms with E-state index in [2.05, 4.69) is 1.47 Å². The standard InChI is InChI=1S/H2O7Te2/c1-8(2,3)7-9(4,5)6/h(H,1,2,3)(H,4,5,6). The molecule has 0 unspecified atom stereocenters. The van der Waals surface area contributed by atoms with Gasteiger partial charge in [0.15, 0.2) is 0 Å². The van der Waals surface area contributed by atoms with E-state index >= 15 is 0 Å². The first-order chi connectivity index (χ1) is 3.71. The fourth-order valence-corrected chi connectivity index (χ4v) is 4.89. The minimum atomic E-state index is -6.05. The molecule has 0 aromatic rings. The second-order valence-corrected chi connectivity index (χ2v) is 8.80. The topological polar surface area (TPSA) is 118 Å². The second-order valence-electron chi connectivity index (χ2n) is 0.924. The van der Waals surface area contributed by atoms with Crippen LogP contribution in [0.25, 0.3) is 0 Å². The first kappa shape index (κ1) is 9.66. The third-order valence-corrected chi connectivity index (χ3v) is 7.74. The fourth-order valence-electron chi connectivity index (χ4n) is 0.109. The van der Waals surface area contributed by atoms with Gasteiger partial charge in [-0.15, -0.1) is 0 Å². The van der Waals surface area contributed by atoms with E-state index in [0.717, 1.165) is 0 Å². The van der Waals surface area contributed by atoms with Crippen LogP contribution in [0, 0.1) is 0 Å². The molecule has 9 heteroatoms. The van der Waals surface area contributed by atoms with E-state index in [0.29, 0.717) is 0 Å². The van der Waals surface area contributed by atoms with E-state index in [9.17, 15) is 12.4 Å². The molecule has 0 aliphatic heterocycles. The molecule has 7 nitrogen and oxygen atoms in total. The van der Waals surface area contributed by atoms with Gasteiger partial charge in [-0.25, -0.2) is 0 Å². The van der Waals surface area contributed by atoms with Crippen molar-refractivity contribution in [2.45, 2.75) is 0 Å². The summed E-state index contributed by atoms with van der Waals surface area (Å²) < 4.78 is 56.6. The molecule has 0 saturated carbocycles. The molecule has 56 valence electrons. The van der Waals surface area contributed by atoms with Gasteiger partial charge in [0, 0.05) is 0 Å². The normalized spacial score (nSPS) is 13.6. The first-order valence-electron chi connectivity index (χ1n) is 1.37. The van der Waals surface area contributed by atoms with Crippen LogP contribution < -0.4 is 0 Å². The number of hydrogen-bond donors (Lipinski definition) is 2. The number of hydrogen-bond acceptors (Lipinski definition) is 5. The summed E-state index contributed by atoms with van der Waals surface area (Å²) in [4.78, 5) is 0. The molecule has 0 heterocycles. The Morgan fingerprint density at radius 3 is 1.11 bits per heavy atom. The quantitative estimate of drug-likeness (QED) is 0.520. The summed E-state index contributed by atoms with van der Waals surface area (Å²) in [6.07, 6.45) is 0. The van der Waals surface area contributed by atoms with Crippen LogP contribution in [0.3, 0.4) is 0 Å². The Bertz CT molecular complexity index is 232. The van der Waals surface area contributed by atoms with Crippen LogP contribution >= 0.6 is 0 Å². The van der Waals surface area contributed by atoms with Gasteiger partial charge in [-0.3, -0.25) is 0 Å². The van der Waals surface area contributed by atoms with Crippen molar-refractivity contribution in [1.29, 1.82) is 0 Å². The predicted molar refractivity (Wildman–Crippen MR) is 19.8 cm³/mol. The molecule has 0 bridgehead atoms. The summed E-state index contributed by atoms with van der Waals surface area (Å²) in [5.74, 6) is 0. The van der Waals surface area contributed by atoms with E-state index in [1.807, 2.05) is 0 Å². The Hall–Kier alpha value is 0.659. The van der Waals surface area contributed by atoms with Crippen molar-refractivity contribution < 1.29 is 20.8 Å². The van der Waals surface area contributed by atoms with Gasteiger partial charge >= 0.3 is 58.8 Å². The Morgan fingerprint density at radius 2 is 1.11 bits per heavy atom. The molecule has 0 spiro atoms. The zero-order valence-corrected chi connectivity index (χ0v) is 8.41. The SMILES string of the molecule is O=[Te](=O)(O)O[Te](=O)(=O)O. The summed E-state index contributed by atoms with van der Waals surface area (Å²) >= 11 is -12.1. The average Bonchev–Trinajstić information content (AvgIpc) is 1.14. The van der Waals surface area contributed by atoms with Gasteiger partial charge in [0.2, 0.25) is 0 Å². The van der Waals surface area contributed by atoms with Crippen molar-refractivity contribution in [3.8, 4) is 0 Å². The predicted octanol–water partition coefficient (Wildman–Crippen LogP) is -2.42. The summed E-state index contributed by atoms with van der Waals surface area (Å²) in [6, 6.07) is 0. The van der Waals surface area contributed by atoms with Crippen LogP contribution in [-0.2, 0) is 13.9 Å². The van der Waals surface area contributed by atoms with Crippen molar-refractivity contribution in [3.63, 3.8) is 0 Å². The molecule has 0 radical (unpaired) electrons. The Morgan fingerprint density at radius 1 is 0.889 bits per heavy atom. The van der Waals surface area contributed by atoms with Gasteiger partial charge in [0.05, 0.1) is 0 Å². The third kappa shape index (κ3) is 8.66. The Balaban J connectivity index is 4.46. The van der Waals surface area contributed by atoms with Crippen molar-refractivity contribution in [3.05, 3.63) is 0 Å². The molecule has 9 heavy (non-hydrogen) atoms. The molecule has 0 aromatic heterocycles. The van der Waals surface area contributed by atoms with Crippen LogP contribution in [0.1, 0.15) is 0 Å². The molecular formula is H2O7Te2. The summed E-state index contributed by atoms with van der Waals surface area (Å²) in [7, 11) is 0. The molecule has 0 rings (SSSR count). The van der Waals surface area contributed by atoms with E-state index in [-0.39, 0.29) is 0 Å². The zero-order chi connectivity index (χ0) is 7.71. The summed E-state index contributed by atoms with van der Waals surface area (Å²) in [5, 5.41) is 0. The van der Waals surface area contributed by atoms with Crippen molar-refractivity contribution >= 4 is 37.9 Å². The number of rotatable bonds is 2. The van der Waals surface area contributed by atoms with E-state index < -0.39 is 37.9 Å². The maximum absolute atomic E-state index is 9.57. The van der Waals surface area contributed by atoms with E-state index in [1.54, 1.807) is 0 Å². The first-order valence-corrected chi connectivity index (χ1v) is 9.16. The van der Waals surface area contributed by atoms with Gasteiger partial charge in [-0.2, -0.15) is 0 Å². The molecule has 0 aliphatic rings. The van der Waals surface area contributed by atoms with Crippen molar-refractivity contribution in [1.82, 2.24) is 0 Å². The maximum atomic E-state index is 9.57. The molecule has 0 atom stereocenters. The molecule has 2 N–H and O–H groups in total. The zero-order valence-electron chi connectivity index (χ0n) is 3.75. The summed E-state index contributed by atoms with van der Waals surface area (Å²) in [5.41, 5.74) is 0. The Kier molecular flexibility index (Phi) is 2.92. The van der Waals surface area contributed by atoms with Gasteiger partial charge in [-0.05, 0) is 0 Å².